The molecule has 1 heterocycles. The van der Waals surface area contributed by atoms with Crippen molar-refractivity contribution in [2.45, 2.75) is 25.2 Å². The highest BCUT2D eigenvalue weighted by molar-refractivity contribution is 7.93. The molecule has 0 radical (unpaired) electrons. The van der Waals surface area contributed by atoms with Crippen molar-refractivity contribution in [1.82, 2.24) is 5.43 Å². The normalized spacial score (nSPS) is 15.0. The van der Waals surface area contributed by atoms with E-state index >= 15 is 0 Å². The minimum absolute atomic E-state index is 0.231. The predicted molar refractivity (Wildman–Crippen MR) is 115 cm³/mol. The number of carbonyl (C=O) groups excluding carboxylic acids is 1. The van der Waals surface area contributed by atoms with Gasteiger partial charge < -0.3 is 0 Å². The van der Waals surface area contributed by atoms with Gasteiger partial charge in [-0.2, -0.15) is 5.10 Å². The summed E-state index contributed by atoms with van der Waals surface area (Å²) >= 11 is 0. The van der Waals surface area contributed by atoms with Crippen LogP contribution in [0.5, 0.6) is 0 Å². The van der Waals surface area contributed by atoms with Gasteiger partial charge in [0.05, 0.1) is 16.3 Å². The van der Waals surface area contributed by atoms with Crippen LogP contribution in [0.1, 0.15) is 25.0 Å². The second-order valence-corrected chi connectivity index (χ2v) is 8.76. The SMILES string of the molecule is CCc1ccc(/C(C)=N\NC(=O)CN2c3cccc4cccc(c34)S2(=O)=O)cc1. The van der Waals surface area contributed by atoms with Crippen LogP contribution in [0.4, 0.5) is 5.69 Å². The Balaban J connectivity index is 1.54. The molecule has 0 bridgehead atoms. The molecule has 7 heteroatoms. The molecule has 0 aliphatic carbocycles. The lowest BCUT2D eigenvalue weighted by molar-refractivity contribution is -0.119. The Hall–Kier alpha value is -3.19. The summed E-state index contributed by atoms with van der Waals surface area (Å²) in [4.78, 5) is 12.7. The number of rotatable bonds is 5. The first kappa shape index (κ1) is 19.1. The van der Waals surface area contributed by atoms with Gasteiger partial charge >= 0.3 is 0 Å². The van der Waals surface area contributed by atoms with Gasteiger partial charge in [0, 0.05) is 5.39 Å². The van der Waals surface area contributed by atoms with Crippen LogP contribution in [0.15, 0.2) is 70.7 Å². The number of carbonyl (C=O) groups is 1. The van der Waals surface area contributed by atoms with E-state index in [0.29, 0.717) is 16.8 Å². The molecule has 0 saturated carbocycles. The lowest BCUT2D eigenvalue weighted by Gasteiger charge is -2.17. The molecule has 0 unspecified atom stereocenters. The zero-order valence-electron chi connectivity index (χ0n) is 16.2. The van der Waals surface area contributed by atoms with Gasteiger partial charge in [0.2, 0.25) is 0 Å². The number of nitrogens with one attached hydrogen (secondary N) is 1. The molecule has 29 heavy (non-hydrogen) atoms. The number of aryl methyl sites for hydroxylation is 1. The first-order valence-corrected chi connectivity index (χ1v) is 10.8. The number of amides is 1. The van der Waals surface area contributed by atoms with E-state index in [1.54, 1.807) is 31.2 Å². The summed E-state index contributed by atoms with van der Waals surface area (Å²) in [5, 5.41) is 5.61. The fourth-order valence-corrected chi connectivity index (χ4v) is 5.15. The first-order chi connectivity index (χ1) is 13.9. The third-order valence-electron chi connectivity index (χ3n) is 5.10. The molecule has 6 nitrogen and oxygen atoms in total. The minimum Gasteiger partial charge on any atom is -0.271 e. The number of anilines is 1. The maximum absolute atomic E-state index is 12.9. The van der Waals surface area contributed by atoms with Crippen LogP contribution >= 0.6 is 0 Å². The van der Waals surface area contributed by atoms with Crippen molar-refractivity contribution in [3.63, 3.8) is 0 Å². The van der Waals surface area contributed by atoms with Gasteiger partial charge in [0.1, 0.15) is 6.54 Å². The smallest absolute Gasteiger partial charge is 0.265 e. The molecular weight excluding hydrogens is 386 g/mol. The zero-order chi connectivity index (χ0) is 20.6. The molecule has 0 spiro atoms. The molecule has 148 valence electrons. The van der Waals surface area contributed by atoms with E-state index < -0.39 is 15.9 Å². The average molecular weight is 407 g/mol. The molecule has 1 aliphatic heterocycles. The molecule has 3 aromatic rings. The van der Waals surface area contributed by atoms with Crippen molar-refractivity contribution in [3.05, 3.63) is 71.8 Å². The Bertz CT molecular complexity index is 1230. The summed E-state index contributed by atoms with van der Waals surface area (Å²) in [6.07, 6.45) is 0.951. The maximum Gasteiger partial charge on any atom is 0.265 e. The molecule has 4 rings (SSSR count). The van der Waals surface area contributed by atoms with Crippen LogP contribution in [0.3, 0.4) is 0 Å². The second-order valence-electron chi connectivity index (χ2n) is 6.93. The van der Waals surface area contributed by atoms with Gasteiger partial charge in [-0.3, -0.25) is 9.10 Å². The van der Waals surface area contributed by atoms with E-state index in [2.05, 4.69) is 17.5 Å². The Morgan fingerprint density at radius 2 is 1.72 bits per heavy atom. The number of nitrogens with zero attached hydrogens (tertiary/aromatic N) is 2. The van der Waals surface area contributed by atoms with E-state index in [-0.39, 0.29) is 11.4 Å². The fraction of sp³-hybridized carbons (Fsp3) is 0.182. The standard InChI is InChI=1S/C22H21N3O3S/c1-3-16-10-12-17(13-11-16)15(2)23-24-21(26)14-25-19-8-4-6-18-7-5-9-20(22(18)19)29(25,27)28/h4-13H,3,14H2,1-2H3,(H,24,26)/b23-15-. The summed E-state index contributed by atoms with van der Waals surface area (Å²) in [5.74, 6) is -0.497. The Kier molecular flexibility index (Phi) is 4.84. The Morgan fingerprint density at radius 1 is 1.03 bits per heavy atom. The van der Waals surface area contributed by atoms with Crippen molar-refractivity contribution < 1.29 is 13.2 Å². The van der Waals surface area contributed by atoms with E-state index in [0.717, 1.165) is 21.7 Å². The molecule has 1 aliphatic rings. The van der Waals surface area contributed by atoms with Crippen molar-refractivity contribution in [2.75, 3.05) is 10.8 Å². The molecule has 0 fully saturated rings. The van der Waals surface area contributed by atoms with Crippen molar-refractivity contribution >= 4 is 38.1 Å². The quantitative estimate of drug-likeness (QED) is 0.520. The monoisotopic (exact) mass is 407 g/mol. The second kappa shape index (κ2) is 7.33. The average Bonchev–Trinajstić information content (AvgIpc) is 2.95. The highest BCUT2D eigenvalue weighted by Crippen LogP contribution is 2.41. The van der Waals surface area contributed by atoms with Gasteiger partial charge in [0.25, 0.3) is 15.9 Å². The lowest BCUT2D eigenvalue weighted by atomic mass is 10.1. The van der Waals surface area contributed by atoms with Gasteiger partial charge in [-0.1, -0.05) is 55.5 Å². The van der Waals surface area contributed by atoms with Gasteiger partial charge in [0.15, 0.2) is 0 Å². The minimum atomic E-state index is -3.77. The van der Waals surface area contributed by atoms with Crippen LogP contribution in [-0.2, 0) is 21.2 Å². The third kappa shape index (κ3) is 3.38. The number of hydrazone groups is 1. The molecule has 0 saturated heterocycles. The summed E-state index contributed by atoms with van der Waals surface area (Å²) < 4.78 is 27.0. The predicted octanol–water partition coefficient (Wildman–Crippen LogP) is 3.45. The number of hydrogen-bond donors (Lipinski definition) is 1. The Morgan fingerprint density at radius 3 is 2.41 bits per heavy atom. The molecule has 3 aromatic carbocycles. The lowest BCUT2D eigenvalue weighted by Crippen LogP contribution is -2.37. The van der Waals surface area contributed by atoms with E-state index in [1.165, 1.54) is 5.56 Å². The summed E-state index contributed by atoms with van der Waals surface area (Å²) in [6.45, 7) is 3.55. The van der Waals surface area contributed by atoms with Gasteiger partial charge in [-0.25, -0.2) is 13.8 Å². The van der Waals surface area contributed by atoms with Crippen LogP contribution < -0.4 is 9.73 Å². The largest absolute Gasteiger partial charge is 0.271 e. The maximum atomic E-state index is 12.9. The summed E-state index contributed by atoms with van der Waals surface area (Å²) in [7, 11) is -3.77. The van der Waals surface area contributed by atoms with Crippen molar-refractivity contribution in [1.29, 1.82) is 0 Å². The van der Waals surface area contributed by atoms with E-state index in [4.69, 9.17) is 0 Å². The molecule has 1 N–H and O–H groups in total. The molecular formula is C22H21N3O3S. The number of hydrogen-bond acceptors (Lipinski definition) is 4. The van der Waals surface area contributed by atoms with Crippen LogP contribution in [0, 0.1) is 0 Å². The van der Waals surface area contributed by atoms with Gasteiger partial charge in [-0.15, -0.1) is 0 Å². The number of sulfonamides is 1. The molecule has 0 atom stereocenters. The van der Waals surface area contributed by atoms with Crippen LogP contribution in [0.25, 0.3) is 10.8 Å². The highest BCUT2D eigenvalue weighted by Gasteiger charge is 2.36. The summed E-state index contributed by atoms with van der Waals surface area (Å²) in [6, 6.07) is 18.4. The van der Waals surface area contributed by atoms with Crippen LogP contribution in [-0.4, -0.2) is 26.6 Å². The highest BCUT2D eigenvalue weighted by atomic mass is 32.2. The van der Waals surface area contributed by atoms with E-state index in [9.17, 15) is 13.2 Å². The van der Waals surface area contributed by atoms with E-state index in [1.807, 2.05) is 36.4 Å². The van der Waals surface area contributed by atoms with Gasteiger partial charge in [-0.05, 0) is 42.0 Å². The van der Waals surface area contributed by atoms with Crippen LogP contribution in [0.2, 0.25) is 0 Å². The topological polar surface area (TPSA) is 78.8 Å². The van der Waals surface area contributed by atoms with Crippen molar-refractivity contribution in [3.8, 4) is 0 Å². The number of benzene rings is 3. The Labute approximate surface area is 169 Å². The fourth-order valence-electron chi connectivity index (χ4n) is 3.49. The molecule has 0 aromatic heterocycles. The zero-order valence-corrected chi connectivity index (χ0v) is 17.0. The molecule has 1 amide bonds. The first-order valence-electron chi connectivity index (χ1n) is 9.38. The van der Waals surface area contributed by atoms with Crippen molar-refractivity contribution in [2.24, 2.45) is 5.10 Å². The summed E-state index contributed by atoms with van der Waals surface area (Å²) in [5.41, 5.74) is 5.76. The third-order valence-corrected chi connectivity index (χ3v) is 6.90.